The van der Waals surface area contributed by atoms with Gasteiger partial charge in [0.05, 0.1) is 12.2 Å². The Balaban J connectivity index is 1.12. The van der Waals surface area contributed by atoms with Crippen molar-refractivity contribution < 1.29 is 9.53 Å². The fraction of sp³-hybridized carbons (Fsp3) is 0.464. The molecule has 35 heavy (non-hydrogen) atoms. The van der Waals surface area contributed by atoms with Crippen molar-refractivity contribution in [1.82, 2.24) is 14.4 Å². The molecule has 0 atom stereocenters. The summed E-state index contributed by atoms with van der Waals surface area (Å²) in [6.07, 6.45) is 7.09. The van der Waals surface area contributed by atoms with Gasteiger partial charge in [-0.1, -0.05) is 28.4 Å². The van der Waals surface area contributed by atoms with Crippen LogP contribution in [0.1, 0.15) is 36.0 Å². The molecule has 2 fully saturated rings. The van der Waals surface area contributed by atoms with Crippen molar-refractivity contribution in [2.75, 3.05) is 57.3 Å². The number of hydrogen-bond donors (Lipinski definition) is 0. The van der Waals surface area contributed by atoms with Crippen LogP contribution in [0, 0.1) is 0 Å². The van der Waals surface area contributed by atoms with E-state index in [0.29, 0.717) is 13.1 Å². The normalized spacial score (nSPS) is 17.2. The highest BCUT2D eigenvalue weighted by molar-refractivity contribution is 9.10. The molecule has 0 saturated carbocycles. The van der Waals surface area contributed by atoms with Gasteiger partial charge in [-0.15, -0.1) is 0 Å². The third kappa shape index (κ3) is 5.51. The van der Waals surface area contributed by atoms with Crippen molar-refractivity contribution in [2.45, 2.75) is 25.7 Å². The predicted molar refractivity (Wildman–Crippen MR) is 146 cm³/mol. The average Bonchev–Trinajstić information content (AvgIpc) is 3.25. The molecule has 0 N–H and O–H groups in total. The van der Waals surface area contributed by atoms with Crippen LogP contribution in [0.5, 0.6) is 5.75 Å². The highest BCUT2D eigenvalue weighted by atomic mass is 79.9. The van der Waals surface area contributed by atoms with E-state index < -0.39 is 0 Å². The summed E-state index contributed by atoms with van der Waals surface area (Å²) >= 11 is 3.63. The Labute approximate surface area is 216 Å². The second-order valence-corrected chi connectivity index (χ2v) is 10.5. The number of halogens is 1. The number of piperazine rings is 1. The maximum absolute atomic E-state index is 13.3. The minimum absolute atomic E-state index is 0.107. The number of likely N-dealkylation sites (tertiary alicyclic amines) is 1. The van der Waals surface area contributed by atoms with Crippen molar-refractivity contribution in [2.24, 2.45) is 7.05 Å². The number of piperidine rings is 1. The van der Waals surface area contributed by atoms with Gasteiger partial charge in [0.1, 0.15) is 5.75 Å². The molecule has 5 rings (SSSR count). The van der Waals surface area contributed by atoms with Crippen LogP contribution >= 0.6 is 15.9 Å². The van der Waals surface area contributed by atoms with Crippen LogP contribution in [0.3, 0.4) is 0 Å². The van der Waals surface area contributed by atoms with Gasteiger partial charge in [-0.3, -0.25) is 4.79 Å². The van der Waals surface area contributed by atoms with E-state index in [4.69, 9.17) is 4.74 Å². The molecular weight excluding hydrogens is 504 g/mol. The van der Waals surface area contributed by atoms with Crippen LogP contribution in [0.4, 0.5) is 5.69 Å². The Bertz CT molecular complexity index is 1150. The van der Waals surface area contributed by atoms with E-state index in [1.165, 1.54) is 38.0 Å². The molecule has 0 unspecified atom stereocenters. The van der Waals surface area contributed by atoms with Crippen LogP contribution in [0.25, 0.3) is 10.9 Å². The number of fused-ring (bicyclic) bond motifs is 1. The molecule has 0 bridgehead atoms. The molecule has 0 aliphatic carbocycles. The molecular formula is C28H35BrN4O2. The third-order valence-corrected chi connectivity index (χ3v) is 7.96. The zero-order valence-corrected chi connectivity index (χ0v) is 22.2. The highest BCUT2D eigenvalue weighted by Crippen LogP contribution is 2.30. The predicted octanol–water partition coefficient (Wildman–Crippen LogP) is 5.16. The summed E-state index contributed by atoms with van der Waals surface area (Å²) < 4.78 is 8.97. The number of carbonyl (C=O) groups is 1. The molecule has 1 aromatic heterocycles. The summed E-state index contributed by atoms with van der Waals surface area (Å²) in [5.74, 6) is 1.04. The summed E-state index contributed by atoms with van der Waals surface area (Å²) in [5, 5.41) is 0.994. The van der Waals surface area contributed by atoms with E-state index in [-0.39, 0.29) is 5.91 Å². The number of benzene rings is 2. The van der Waals surface area contributed by atoms with E-state index in [9.17, 15) is 4.79 Å². The van der Waals surface area contributed by atoms with Crippen LogP contribution in [0.2, 0.25) is 0 Å². The number of rotatable bonds is 7. The lowest BCUT2D eigenvalue weighted by Gasteiger charge is -2.36. The van der Waals surface area contributed by atoms with E-state index in [1.54, 1.807) is 0 Å². The highest BCUT2D eigenvalue weighted by Gasteiger charge is 2.25. The molecule has 2 saturated heterocycles. The average molecular weight is 540 g/mol. The molecule has 0 radical (unpaired) electrons. The smallest absolute Gasteiger partial charge is 0.256 e. The molecule has 3 heterocycles. The Morgan fingerprint density at radius 2 is 1.69 bits per heavy atom. The number of hydrogen-bond acceptors (Lipinski definition) is 4. The van der Waals surface area contributed by atoms with Crippen molar-refractivity contribution in [3.63, 3.8) is 0 Å². The summed E-state index contributed by atoms with van der Waals surface area (Å²) in [6.45, 7) is 7.47. The SMILES string of the molecule is Cn1cc(C(=O)N2CCN(c3ccc(OCCCN4CCCCC4)cc3)CC2)c2c(Br)cccc21. The quantitative estimate of drug-likeness (QED) is 0.389. The van der Waals surface area contributed by atoms with Gasteiger partial charge in [0.15, 0.2) is 0 Å². The zero-order chi connectivity index (χ0) is 24.2. The number of aryl methyl sites for hydroxylation is 1. The fourth-order valence-corrected chi connectivity index (χ4v) is 5.88. The first-order chi connectivity index (χ1) is 17.1. The molecule has 0 spiro atoms. The summed E-state index contributed by atoms with van der Waals surface area (Å²) in [6, 6.07) is 14.5. The van der Waals surface area contributed by atoms with Gasteiger partial charge in [0.25, 0.3) is 5.91 Å². The maximum atomic E-state index is 13.3. The van der Waals surface area contributed by atoms with Crippen molar-refractivity contribution in [3.8, 4) is 5.75 Å². The number of amides is 1. The first-order valence-electron chi connectivity index (χ1n) is 12.8. The topological polar surface area (TPSA) is 41.0 Å². The first-order valence-corrected chi connectivity index (χ1v) is 13.6. The van der Waals surface area contributed by atoms with E-state index in [1.807, 2.05) is 34.8 Å². The molecule has 2 aliphatic rings. The van der Waals surface area contributed by atoms with Crippen molar-refractivity contribution >= 4 is 38.4 Å². The van der Waals surface area contributed by atoms with Gasteiger partial charge in [-0.25, -0.2) is 0 Å². The van der Waals surface area contributed by atoms with Crippen LogP contribution in [-0.4, -0.2) is 72.7 Å². The lowest BCUT2D eigenvalue weighted by Crippen LogP contribution is -2.48. The molecule has 2 aromatic carbocycles. The summed E-state index contributed by atoms with van der Waals surface area (Å²) in [7, 11) is 1.99. The molecule has 186 valence electrons. The fourth-order valence-electron chi connectivity index (χ4n) is 5.32. The number of ether oxygens (including phenoxy) is 1. The van der Waals surface area contributed by atoms with E-state index >= 15 is 0 Å². The standard InChI is InChI=1S/C28H35BrN4O2/c1-30-21-24(27-25(29)7-5-8-26(27)30)28(34)33-18-16-32(17-19-33)22-9-11-23(12-10-22)35-20-6-15-31-13-3-2-4-14-31/h5,7-12,21H,2-4,6,13-20H2,1H3. The van der Waals surface area contributed by atoms with Gasteiger partial charge in [-0.2, -0.15) is 0 Å². The Hall–Kier alpha value is -2.51. The first kappa shape index (κ1) is 24.2. The van der Waals surface area contributed by atoms with Gasteiger partial charge >= 0.3 is 0 Å². The minimum Gasteiger partial charge on any atom is -0.494 e. The Kier molecular flexibility index (Phi) is 7.63. The monoisotopic (exact) mass is 538 g/mol. The second-order valence-electron chi connectivity index (χ2n) is 9.67. The van der Waals surface area contributed by atoms with Gasteiger partial charge in [0, 0.05) is 67.0 Å². The van der Waals surface area contributed by atoms with E-state index in [0.717, 1.165) is 59.4 Å². The summed E-state index contributed by atoms with van der Waals surface area (Å²) in [5.41, 5.74) is 3.02. The number of aromatic nitrogens is 1. The largest absolute Gasteiger partial charge is 0.494 e. The molecule has 1 amide bonds. The molecule has 6 nitrogen and oxygen atoms in total. The van der Waals surface area contributed by atoms with Crippen molar-refractivity contribution in [3.05, 3.63) is 58.7 Å². The number of carbonyl (C=O) groups excluding carboxylic acids is 1. The van der Waals surface area contributed by atoms with Crippen LogP contribution < -0.4 is 9.64 Å². The maximum Gasteiger partial charge on any atom is 0.256 e. The number of anilines is 1. The zero-order valence-electron chi connectivity index (χ0n) is 20.6. The Morgan fingerprint density at radius 3 is 2.43 bits per heavy atom. The molecule has 7 heteroatoms. The van der Waals surface area contributed by atoms with Crippen LogP contribution in [-0.2, 0) is 7.05 Å². The molecule has 3 aromatic rings. The Morgan fingerprint density at radius 1 is 0.943 bits per heavy atom. The van der Waals surface area contributed by atoms with Crippen molar-refractivity contribution in [1.29, 1.82) is 0 Å². The van der Waals surface area contributed by atoms with Crippen LogP contribution in [0.15, 0.2) is 53.1 Å². The van der Waals surface area contributed by atoms with E-state index in [2.05, 4.69) is 56.1 Å². The van der Waals surface area contributed by atoms with Gasteiger partial charge in [0.2, 0.25) is 0 Å². The van der Waals surface area contributed by atoms with Gasteiger partial charge < -0.3 is 24.0 Å². The summed E-state index contributed by atoms with van der Waals surface area (Å²) in [4.78, 5) is 20.2. The number of nitrogens with zero attached hydrogens (tertiary/aromatic N) is 4. The molecule has 2 aliphatic heterocycles. The third-order valence-electron chi connectivity index (χ3n) is 7.30. The second kappa shape index (κ2) is 11.0. The minimum atomic E-state index is 0.107. The van der Waals surface area contributed by atoms with Gasteiger partial charge in [-0.05, 0) is 68.8 Å². The lowest BCUT2D eigenvalue weighted by molar-refractivity contribution is 0.0748. The lowest BCUT2D eigenvalue weighted by atomic mass is 10.1.